The Labute approximate surface area is 183 Å². The number of aryl methyl sites for hydroxylation is 1. The number of carboxylic acid groups (broad SMARTS) is 1. The fourth-order valence-electron chi connectivity index (χ4n) is 2.88. The molecule has 0 radical (unpaired) electrons. The molecule has 0 aliphatic carbocycles. The highest BCUT2D eigenvalue weighted by Gasteiger charge is 2.54. The zero-order chi connectivity index (χ0) is 22.0. The first-order valence-electron chi connectivity index (χ1n) is 8.67. The number of carbonyl (C=O) groups excluding carboxylic acids is 2. The number of nitroso groups, excluding NO2 is 1. The fraction of sp³-hybridized carbons (Fsp3) is 0.438. The molecule has 11 nitrogen and oxygen atoms in total. The van der Waals surface area contributed by atoms with Gasteiger partial charge in [0.25, 0.3) is 11.8 Å². The van der Waals surface area contributed by atoms with E-state index >= 15 is 0 Å². The fourth-order valence-corrected chi connectivity index (χ4v) is 6.18. The number of amides is 2. The Balaban J connectivity index is 1.75. The van der Waals surface area contributed by atoms with Crippen LogP contribution in [0.4, 0.5) is 0 Å². The predicted molar refractivity (Wildman–Crippen MR) is 111 cm³/mol. The van der Waals surface area contributed by atoms with Gasteiger partial charge >= 0.3 is 5.97 Å². The SMILES string of the molecule is CCC(O)=C(N=O)C(=O)N[C@@H]1C(=O)N2C(C(=O)O)=C(CSc3nnc(C)s3)CS[C@@H]12. The van der Waals surface area contributed by atoms with E-state index < -0.39 is 40.7 Å². The molecule has 2 atom stereocenters. The Bertz CT molecular complexity index is 974. The summed E-state index contributed by atoms with van der Waals surface area (Å²) in [5.74, 6) is -2.61. The summed E-state index contributed by atoms with van der Waals surface area (Å²) in [6.45, 7) is 3.35. The number of hydrogen-bond acceptors (Lipinski definition) is 11. The van der Waals surface area contributed by atoms with Crippen LogP contribution in [0, 0.1) is 11.8 Å². The maximum absolute atomic E-state index is 12.6. The lowest BCUT2D eigenvalue weighted by atomic mass is 10.0. The molecule has 1 aromatic heterocycles. The van der Waals surface area contributed by atoms with Crippen molar-refractivity contribution >= 4 is 52.6 Å². The highest BCUT2D eigenvalue weighted by atomic mass is 32.2. The summed E-state index contributed by atoms with van der Waals surface area (Å²) in [6, 6.07) is -1.02. The topological polar surface area (TPSA) is 162 Å². The number of β-lactam (4-membered cyclic amide) rings is 1. The molecule has 1 fully saturated rings. The zero-order valence-electron chi connectivity index (χ0n) is 15.8. The van der Waals surface area contributed by atoms with E-state index in [1.54, 1.807) is 0 Å². The smallest absolute Gasteiger partial charge is 0.352 e. The molecule has 1 saturated heterocycles. The molecule has 3 heterocycles. The van der Waals surface area contributed by atoms with Gasteiger partial charge in [0, 0.05) is 17.9 Å². The van der Waals surface area contributed by atoms with Gasteiger partial charge in [-0.1, -0.05) is 30.0 Å². The molecular formula is C16H17N5O6S3. The van der Waals surface area contributed by atoms with Gasteiger partial charge < -0.3 is 15.5 Å². The van der Waals surface area contributed by atoms with Crippen molar-refractivity contribution in [3.63, 3.8) is 0 Å². The Hall–Kier alpha value is -2.45. The number of rotatable bonds is 8. The van der Waals surface area contributed by atoms with Gasteiger partial charge in [0.1, 0.15) is 27.9 Å². The molecular weight excluding hydrogens is 454 g/mol. The second kappa shape index (κ2) is 9.14. The number of thioether (sulfide) groups is 2. The molecule has 0 bridgehead atoms. The van der Waals surface area contributed by atoms with Crippen LogP contribution in [0.3, 0.4) is 0 Å². The summed E-state index contributed by atoms with van der Waals surface area (Å²) >= 11 is 4.04. The van der Waals surface area contributed by atoms with Crippen LogP contribution >= 0.6 is 34.9 Å². The summed E-state index contributed by atoms with van der Waals surface area (Å²) in [4.78, 5) is 48.6. The van der Waals surface area contributed by atoms with Crippen molar-refractivity contribution in [2.24, 2.45) is 5.18 Å². The van der Waals surface area contributed by atoms with Crippen LogP contribution in [-0.4, -0.2) is 66.0 Å². The number of aliphatic carboxylic acids is 1. The molecule has 2 aliphatic rings. The quantitative estimate of drug-likeness (QED) is 0.167. The minimum Gasteiger partial charge on any atom is -0.510 e. The van der Waals surface area contributed by atoms with Gasteiger partial charge in [0.15, 0.2) is 4.34 Å². The third kappa shape index (κ3) is 4.20. The lowest BCUT2D eigenvalue weighted by Gasteiger charge is -2.49. The first-order chi connectivity index (χ1) is 14.3. The number of carbonyl (C=O) groups is 3. The van der Waals surface area contributed by atoms with Crippen molar-refractivity contribution in [3.05, 3.63) is 32.6 Å². The van der Waals surface area contributed by atoms with Gasteiger partial charge in [-0.3, -0.25) is 14.5 Å². The second-order valence-corrected chi connectivity index (χ2v) is 9.74. The van der Waals surface area contributed by atoms with E-state index in [0.29, 0.717) is 21.4 Å². The molecule has 0 saturated carbocycles. The lowest BCUT2D eigenvalue weighted by molar-refractivity contribution is -0.150. The number of aromatic nitrogens is 2. The van der Waals surface area contributed by atoms with Crippen LogP contribution in [0.5, 0.6) is 0 Å². The number of aliphatic hydroxyl groups is 1. The van der Waals surface area contributed by atoms with Crippen LogP contribution in [0.25, 0.3) is 0 Å². The third-order valence-electron chi connectivity index (χ3n) is 4.33. The van der Waals surface area contributed by atoms with Crippen molar-refractivity contribution < 1.29 is 24.6 Å². The van der Waals surface area contributed by atoms with Crippen LogP contribution in [0.15, 0.2) is 32.2 Å². The summed E-state index contributed by atoms with van der Waals surface area (Å²) < 4.78 is 0.702. The Kier molecular flexibility index (Phi) is 6.77. The standard InChI is InChI=1S/C16H17N5O6S3/c1-3-8(22)9(20-27)12(23)17-10-13(24)21-11(15(25)26)7(4-28-14(10)21)5-29-16-19-18-6(2)30-16/h10,14,22H,3-5H2,1-2H3,(H,17,23)(H,25,26)/t10-,14+/m1/s1. The lowest BCUT2D eigenvalue weighted by Crippen LogP contribution is -2.70. The maximum Gasteiger partial charge on any atom is 0.352 e. The molecule has 1 aromatic rings. The Morgan fingerprint density at radius 3 is 2.67 bits per heavy atom. The highest BCUT2D eigenvalue weighted by Crippen LogP contribution is 2.41. The maximum atomic E-state index is 12.6. The molecule has 3 N–H and O–H groups in total. The van der Waals surface area contributed by atoms with Crippen LogP contribution in [0.2, 0.25) is 0 Å². The van der Waals surface area contributed by atoms with Crippen LogP contribution in [-0.2, 0) is 14.4 Å². The molecule has 0 spiro atoms. The van der Waals surface area contributed by atoms with Crippen molar-refractivity contribution in [1.29, 1.82) is 0 Å². The second-order valence-electron chi connectivity index (χ2n) is 6.23. The summed E-state index contributed by atoms with van der Waals surface area (Å²) in [5.41, 5.74) is -0.231. The first-order valence-corrected chi connectivity index (χ1v) is 11.5. The normalized spacial score (nSPS) is 21.5. The number of allylic oxidation sites excluding steroid dienone is 1. The van der Waals surface area contributed by atoms with E-state index in [1.165, 1.54) is 41.8 Å². The van der Waals surface area contributed by atoms with Gasteiger partial charge in [-0.05, 0) is 17.7 Å². The minimum absolute atomic E-state index is 0.0263. The van der Waals surface area contributed by atoms with Crippen LogP contribution < -0.4 is 5.32 Å². The van der Waals surface area contributed by atoms with Crippen molar-refractivity contribution in [2.75, 3.05) is 11.5 Å². The summed E-state index contributed by atoms with van der Waals surface area (Å²) in [5, 5.41) is 32.3. The van der Waals surface area contributed by atoms with Crippen molar-refractivity contribution in [1.82, 2.24) is 20.4 Å². The molecule has 30 heavy (non-hydrogen) atoms. The average Bonchev–Trinajstić information content (AvgIpc) is 3.14. The molecule has 2 aliphatic heterocycles. The average molecular weight is 472 g/mol. The number of fused-ring (bicyclic) bond motifs is 1. The molecule has 14 heteroatoms. The number of carboxylic acids is 1. The van der Waals surface area contributed by atoms with E-state index in [9.17, 15) is 29.5 Å². The number of aliphatic hydroxyl groups excluding tert-OH is 1. The van der Waals surface area contributed by atoms with Crippen molar-refractivity contribution in [2.45, 2.75) is 36.0 Å². The molecule has 160 valence electrons. The first kappa shape index (κ1) is 22.2. The van der Waals surface area contributed by atoms with Crippen molar-refractivity contribution in [3.8, 4) is 0 Å². The van der Waals surface area contributed by atoms with Crippen LogP contribution in [0.1, 0.15) is 18.4 Å². The third-order valence-corrected chi connectivity index (χ3v) is 7.73. The van der Waals surface area contributed by atoms with Gasteiger partial charge in [0.2, 0.25) is 5.70 Å². The number of nitrogens with one attached hydrogen (secondary N) is 1. The van der Waals surface area contributed by atoms with Gasteiger partial charge in [0.05, 0.1) is 0 Å². The predicted octanol–water partition coefficient (Wildman–Crippen LogP) is 1.62. The number of hydrogen-bond donors (Lipinski definition) is 3. The Morgan fingerprint density at radius 1 is 1.37 bits per heavy atom. The van der Waals surface area contributed by atoms with E-state index in [1.807, 2.05) is 6.92 Å². The zero-order valence-corrected chi connectivity index (χ0v) is 18.3. The van der Waals surface area contributed by atoms with Gasteiger partial charge in [-0.2, -0.15) is 0 Å². The van der Waals surface area contributed by atoms with E-state index in [2.05, 4.69) is 20.7 Å². The summed E-state index contributed by atoms with van der Waals surface area (Å²) in [7, 11) is 0. The monoisotopic (exact) mass is 471 g/mol. The molecule has 3 rings (SSSR count). The summed E-state index contributed by atoms with van der Waals surface area (Å²) in [6.07, 6.45) is 0.0263. The largest absolute Gasteiger partial charge is 0.510 e. The molecule has 2 amide bonds. The van der Waals surface area contributed by atoms with E-state index in [0.717, 1.165) is 9.91 Å². The number of nitrogens with zero attached hydrogens (tertiary/aromatic N) is 4. The van der Waals surface area contributed by atoms with Gasteiger partial charge in [-0.25, -0.2) is 4.79 Å². The highest BCUT2D eigenvalue weighted by molar-refractivity contribution is 8.01. The molecule has 0 aromatic carbocycles. The molecule has 0 unspecified atom stereocenters. The minimum atomic E-state index is -1.23. The van der Waals surface area contributed by atoms with E-state index in [-0.39, 0.29) is 12.1 Å². The van der Waals surface area contributed by atoms with E-state index in [4.69, 9.17) is 0 Å². The Morgan fingerprint density at radius 2 is 2.10 bits per heavy atom. The van der Waals surface area contributed by atoms with Gasteiger partial charge in [-0.15, -0.1) is 26.9 Å².